The highest BCUT2D eigenvalue weighted by molar-refractivity contribution is 5.87. The Hall–Kier alpha value is -2.05. The van der Waals surface area contributed by atoms with E-state index < -0.39 is 17.3 Å². The Kier molecular flexibility index (Phi) is 2.18. The summed E-state index contributed by atoms with van der Waals surface area (Å²) >= 11 is 0. The van der Waals surface area contributed by atoms with Gasteiger partial charge in [0.15, 0.2) is 0 Å². The molecular weight excluding hydrogens is 176 g/mol. The normalized spacial score (nSPS) is 9.62. The van der Waals surface area contributed by atoms with Crippen molar-refractivity contribution in [2.75, 3.05) is 5.32 Å². The van der Waals surface area contributed by atoms with Crippen LogP contribution in [0.3, 0.4) is 0 Å². The molecule has 0 bridgehead atoms. The molecule has 7 nitrogen and oxygen atoms in total. The SMILES string of the molecule is Cc1[nH]c(=O)[nH]c(=O)c1NC(N)=O. The molecule has 1 aromatic heterocycles. The highest BCUT2D eigenvalue weighted by Gasteiger charge is 2.06. The molecule has 0 aliphatic heterocycles. The molecule has 0 aliphatic carbocycles. The van der Waals surface area contributed by atoms with E-state index in [1.54, 1.807) is 0 Å². The summed E-state index contributed by atoms with van der Waals surface area (Å²) in [6.45, 7) is 1.47. The van der Waals surface area contributed by atoms with Crippen molar-refractivity contribution < 1.29 is 4.79 Å². The number of carbonyl (C=O) groups is 1. The Balaban J connectivity index is 3.29. The predicted molar refractivity (Wildman–Crippen MR) is 45.6 cm³/mol. The van der Waals surface area contributed by atoms with Crippen LogP contribution in [0.1, 0.15) is 5.69 Å². The monoisotopic (exact) mass is 184 g/mol. The minimum atomic E-state index is -0.861. The molecule has 5 N–H and O–H groups in total. The van der Waals surface area contributed by atoms with Crippen LogP contribution in [0.25, 0.3) is 0 Å². The topological polar surface area (TPSA) is 121 Å². The number of H-pyrrole nitrogens is 2. The first-order valence-corrected chi connectivity index (χ1v) is 3.40. The molecule has 1 heterocycles. The summed E-state index contributed by atoms with van der Waals surface area (Å²) in [4.78, 5) is 36.4. The highest BCUT2D eigenvalue weighted by atomic mass is 16.2. The average molecular weight is 184 g/mol. The second-order valence-corrected chi connectivity index (χ2v) is 2.40. The first-order valence-electron chi connectivity index (χ1n) is 3.40. The lowest BCUT2D eigenvalue weighted by atomic mass is 10.4. The lowest BCUT2D eigenvalue weighted by molar-refractivity contribution is 0.259. The van der Waals surface area contributed by atoms with Gasteiger partial charge in [-0.2, -0.15) is 0 Å². The van der Waals surface area contributed by atoms with Crippen LogP contribution in [0.15, 0.2) is 9.59 Å². The second kappa shape index (κ2) is 3.13. The molecule has 0 unspecified atom stereocenters. The number of rotatable bonds is 1. The van der Waals surface area contributed by atoms with Gasteiger partial charge in [-0.05, 0) is 6.92 Å². The van der Waals surface area contributed by atoms with E-state index >= 15 is 0 Å². The summed E-state index contributed by atoms with van der Waals surface area (Å²) < 4.78 is 0. The molecule has 0 spiro atoms. The van der Waals surface area contributed by atoms with Crippen molar-refractivity contribution in [3.05, 3.63) is 26.5 Å². The van der Waals surface area contributed by atoms with Gasteiger partial charge < -0.3 is 16.0 Å². The smallest absolute Gasteiger partial charge is 0.326 e. The average Bonchev–Trinajstić information content (AvgIpc) is 1.96. The van der Waals surface area contributed by atoms with Crippen molar-refractivity contribution in [3.8, 4) is 0 Å². The summed E-state index contributed by atoms with van der Waals surface area (Å²) in [5, 5.41) is 2.09. The number of anilines is 1. The quantitative estimate of drug-likeness (QED) is 0.441. The molecule has 2 amide bonds. The zero-order valence-electron chi connectivity index (χ0n) is 6.80. The van der Waals surface area contributed by atoms with Gasteiger partial charge in [0.25, 0.3) is 5.56 Å². The molecule has 0 saturated heterocycles. The maximum absolute atomic E-state index is 11.1. The molecule has 1 rings (SSSR count). The molecular formula is C6H8N4O3. The number of nitrogens with two attached hydrogens (primary N) is 1. The van der Waals surface area contributed by atoms with Crippen LogP contribution >= 0.6 is 0 Å². The van der Waals surface area contributed by atoms with E-state index in [4.69, 9.17) is 5.73 Å². The number of aromatic nitrogens is 2. The fourth-order valence-corrected chi connectivity index (χ4v) is 0.874. The Morgan fingerprint density at radius 1 is 1.38 bits per heavy atom. The summed E-state index contributed by atoms with van der Waals surface area (Å²) in [5.74, 6) is 0. The third-order valence-corrected chi connectivity index (χ3v) is 1.38. The number of hydrogen-bond acceptors (Lipinski definition) is 3. The van der Waals surface area contributed by atoms with Crippen LogP contribution in [0.4, 0.5) is 10.5 Å². The van der Waals surface area contributed by atoms with Crippen LogP contribution in [-0.4, -0.2) is 16.0 Å². The van der Waals surface area contributed by atoms with E-state index in [0.717, 1.165) is 0 Å². The van der Waals surface area contributed by atoms with E-state index in [9.17, 15) is 14.4 Å². The molecule has 0 radical (unpaired) electrons. The van der Waals surface area contributed by atoms with E-state index in [-0.39, 0.29) is 11.4 Å². The number of aryl methyl sites for hydroxylation is 1. The van der Waals surface area contributed by atoms with Gasteiger partial charge >= 0.3 is 11.7 Å². The molecule has 1 aromatic rings. The van der Waals surface area contributed by atoms with E-state index in [1.165, 1.54) is 6.92 Å². The van der Waals surface area contributed by atoms with Gasteiger partial charge in [0.1, 0.15) is 5.69 Å². The van der Waals surface area contributed by atoms with Crippen molar-refractivity contribution in [3.63, 3.8) is 0 Å². The van der Waals surface area contributed by atoms with Crippen molar-refractivity contribution in [1.29, 1.82) is 0 Å². The van der Waals surface area contributed by atoms with Crippen LogP contribution in [0, 0.1) is 6.92 Å². The largest absolute Gasteiger partial charge is 0.351 e. The molecule has 0 aromatic carbocycles. The first kappa shape index (κ1) is 9.04. The summed E-state index contributed by atoms with van der Waals surface area (Å²) in [6, 6.07) is -0.861. The Morgan fingerprint density at radius 2 is 2.00 bits per heavy atom. The lowest BCUT2D eigenvalue weighted by Crippen LogP contribution is -2.30. The fourth-order valence-electron chi connectivity index (χ4n) is 0.874. The van der Waals surface area contributed by atoms with Gasteiger partial charge in [-0.3, -0.25) is 9.78 Å². The van der Waals surface area contributed by atoms with Crippen LogP contribution in [0.5, 0.6) is 0 Å². The van der Waals surface area contributed by atoms with Crippen molar-refractivity contribution in [2.45, 2.75) is 6.92 Å². The van der Waals surface area contributed by atoms with Gasteiger partial charge in [0, 0.05) is 5.69 Å². The number of carbonyl (C=O) groups excluding carboxylic acids is 1. The molecule has 0 aliphatic rings. The van der Waals surface area contributed by atoms with E-state index in [2.05, 4.69) is 10.3 Å². The maximum atomic E-state index is 11.1. The maximum Gasteiger partial charge on any atom is 0.326 e. The number of amides is 2. The predicted octanol–water partition coefficient (Wildman–Crippen LogP) is -1.14. The minimum Gasteiger partial charge on any atom is -0.351 e. The summed E-state index contributed by atoms with van der Waals surface area (Å²) in [5.41, 5.74) is 3.71. The number of urea groups is 1. The number of nitrogens with one attached hydrogen (secondary N) is 3. The molecule has 7 heteroatoms. The number of primary amides is 1. The van der Waals surface area contributed by atoms with Gasteiger partial charge in [-0.1, -0.05) is 0 Å². The van der Waals surface area contributed by atoms with Gasteiger partial charge in [0.2, 0.25) is 0 Å². The lowest BCUT2D eigenvalue weighted by Gasteiger charge is -2.02. The van der Waals surface area contributed by atoms with Crippen molar-refractivity contribution in [2.24, 2.45) is 5.73 Å². The third kappa shape index (κ3) is 1.95. The molecule has 0 fully saturated rings. The summed E-state index contributed by atoms with van der Waals surface area (Å²) in [6.07, 6.45) is 0. The second-order valence-electron chi connectivity index (χ2n) is 2.40. The van der Waals surface area contributed by atoms with Crippen LogP contribution in [-0.2, 0) is 0 Å². The van der Waals surface area contributed by atoms with Crippen molar-refractivity contribution >= 4 is 11.7 Å². The zero-order valence-corrected chi connectivity index (χ0v) is 6.80. The number of hydrogen-bond donors (Lipinski definition) is 4. The first-order chi connectivity index (χ1) is 6.00. The molecule has 13 heavy (non-hydrogen) atoms. The Bertz CT molecular complexity index is 444. The van der Waals surface area contributed by atoms with Gasteiger partial charge in [-0.25, -0.2) is 9.59 Å². The van der Waals surface area contributed by atoms with Crippen molar-refractivity contribution in [1.82, 2.24) is 9.97 Å². The summed E-state index contributed by atoms with van der Waals surface area (Å²) in [7, 11) is 0. The minimum absolute atomic E-state index is 0.0490. The third-order valence-electron chi connectivity index (χ3n) is 1.38. The molecule has 0 saturated carbocycles. The van der Waals surface area contributed by atoms with Gasteiger partial charge in [0.05, 0.1) is 0 Å². The highest BCUT2D eigenvalue weighted by Crippen LogP contribution is 1.99. The van der Waals surface area contributed by atoms with E-state index in [0.29, 0.717) is 0 Å². The number of aromatic amines is 2. The standard InChI is InChI=1S/C6H8N4O3/c1-2-3(9-5(7)12)4(11)10-6(13)8-2/h1H3,(H3,7,9,12)(H2,8,10,11,13). The van der Waals surface area contributed by atoms with Gasteiger partial charge in [-0.15, -0.1) is 0 Å². The van der Waals surface area contributed by atoms with E-state index in [1.807, 2.05) is 4.98 Å². The van der Waals surface area contributed by atoms with Crippen LogP contribution < -0.4 is 22.3 Å². The Morgan fingerprint density at radius 3 is 2.46 bits per heavy atom. The Labute approximate surface area is 72.0 Å². The fraction of sp³-hybridized carbons (Fsp3) is 0.167. The zero-order chi connectivity index (χ0) is 10.0. The molecule has 70 valence electrons. The van der Waals surface area contributed by atoms with Crippen LogP contribution in [0.2, 0.25) is 0 Å². The molecule has 0 atom stereocenters.